The van der Waals surface area contributed by atoms with E-state index in [0.29, 0.717) is 32.0 Å². The fraction of sp³-hybridized carbons (Fsp3) is 0.286. The molecule has 0 spiro atoms. The molecule has 0 amide bonds. The average Bonchev–Trinajstić information content (AvgIpc) is 3.00. The summed E-state index contributed by atoms with van der Waals surface area (Å²) < 4.78 is 7.53. The van der Waals surface area contributed by atoms with Gasteiger partial charge >= 0.3 is 0 Å². The van der Waals surface area contributed by atoms with E-state index in [4.69, 9.17) is 9.57 Å². The number of nitrogens with one attached hydrogen (secondary N) is 1. The van der Waals surface area contributed by atoms with Crippen LogP contribution in [0.1, 0.15) is 37.5 Å². The first kappa shape index (κ1) is 31.7. The maximum absolute atomic E-state index is 10.3. The molecule has 4 rings (SSSR count). The second-order valence-corrected chi connectivity index (χ2v) is 10.2. The van der Waals surface area contributed by atoms with Gasteiger partial charge in [0.1, 0.15) is 19.0 Å². The van der Waals surface area contributed by atoms with E-state index in [1.165, 1.54) is 0 Å². The van der Waals surface area contributed by atoms with Gasteiger partial charge in [0, 0.05) is 23.5 Å². The van der Waals surface area contributed by atoms with Crippen LogP contribution in [0.4, 0.5) is 17.1 Å². The first-order chi connectivity index (χ1) is 20.9. The highest BCUT2D eigenvalue weighted by molar-refractivity contribution is 6.05. The van der Waals surface area contributed by atoms with Gasteiger partial charge < -0.3 is 20.3 Å². The number of rotatable bonds is 13. The molecule has 0 saturated carbocycles. The highest BCUT2D eigenvalue weighted by Crippen LogP contribution is 2.36. The molecule has 4 N–H and O–H groups in total. The fourth-order valence-electron chi connectivity index (χ4n) is 5.12. The SMILES string of the molecule is CCOc1ccc(Nc2ccc(C(=C3C=CC(=[N+](CCO)CCO)C=C3C)c3ccc(N(O)OCC)cc3C)cc2)cc1. The molecule has 8 heteroatoms. The Bertz CT molecular complexity index is 1500. The first-order valence-corrected chi connectivity index (χ1v) is 14.7. The molecule has 3 aromatic carbocycles. The van der Waals surface area contributed by atoms with E-state index >= 15 is 0 Å². The van der Waals surface area contributed by atoms with Gasteiger partial charge in [-0.05, 0) is 116 Å². The van der Waals surface area contributed by atoms with Crippen molar-refractivity contribution in [3.63, 3.8) is 0 Å². The summed E-state index contributed by atoms with van der Waals surface area (Å²) in [6.07, 6.45) is 6.22. The lowest BCUT2D eigenvalue weighted by atomic mass is 9.85. The van der Waals surface area contributed by atoms with Crippen molar-refractivity contribution in [2.75, 3.05) is 50.1 Å². The molecule has 0 radical (unpaired) electrons. The summed E-state index contributed by atoms with van der Waals surface area (Å²) >= 11 is 0. The smallest absolute Gasteiger partial charge is 0.200 e. The van der Waals surface area contributed by atoms with Crippen LogP contribution in [0.15, 0.2) is 96.1 Å². The number of anilines is 3. The minimum absolute atomic E-state index is 0.00435. The monoisotopic (exact) mass is 584 g/mol. The Hall–Kier alpha value is -4.21. The highest BCUT2D eigenvalue weighted by atomic mass is 16.9. The molecule has 1 aliphatic carbocycles. The lowest BCUT2D eigenvalue weighted by Crippen LogP contribution is -2.26. The number of nitrogens with zero attached hydrogens (tertiary/aromatic N) is 2. The summed E-state index contributed by atoms with van der Waals surface area (Å²) in [5.41, 5.74) is 9.64. The van der Waals surface area contributed by atoms with E-state index in [0.717, 1.165) is 61.5 Å². The lowest BCUT2D eigenvalue weighted by Gasteiger charge is -2.21. The van der Waals surface area contributed by atoms with Crippen LogP contribution in [-0.4, -0.2) is 65.2 Å². The van der Waals surface area contributed by atoms with Crippen molar-refractivity contribution in [3.8, 4) is 5.75 Å². The van der Waals surface area contributed by atoms with Crippen molar-refractivity contribution in [1.82, 2.24) is 0 Å². The maximum Gasteiger partial charge on any atom is 0.200 e. The third-order valence-corrected chi connectivity index (χ3v) is 7.16. The number of benzene rings is 3. The van der Waals surface area contributed by atoms with E-state index in [1.54, 1.807) is 0 Å². The minimum Gasteiger partial charge on any atom is -0.494 e. The largest absolute Gasteiger partial charge is 0.494 e. The summed E-state index contributed by atoms with van der Waals surface area (Å²) in [6, 6.07) is 22.0. The van der Waals surface area contributed by atoms with Gasteiger partial charge in [0.25, 0.3) is 0 Å². The molecule has 0 unspecified atom stereocenters. The summed E-state index contributed by atoms with van der Waals surface area (Å²) in [7, 11) is 0. The number of hydrogen-bond acceptors (Lipinski definition) is 7. The number of ether oxygens (including phenoxy) is 1. The first-order valence-electron chi connectivity index (χ1n) is 14.7. The molecule has 0 aliphatic heterocycles. The molecule has 0 bridgehead atoms. The maximum atomic E-state index is 10.3. The van der Waals surface area contributed by atoms with Crippen LogP contribution < -0.4 is 15.3 Å². The van der Waals surface area contributed by atoms with Crippen molar-refractivity contribution >= 4 is 28.3 Å². The topological polar surface area (TPSA) is 97.4 Å². The van der Waals surface area contributed by atoms with Crippen molar-refractivity contribution in [3.05, 3.63) is 113 Å². The van der Waals surface area contributed by atoms with Crippen molar-refractivity contribution < 1.29 is 29.6 Å². The van der Waals surface area contributed by atoms with Gasteiger partial charge in [-0.15, -0.1) is 5.23 Å². The van der Waals surface area contributed by atoms with Gasteiger partial charge in [0.05, 0.1) is 18.9 Å². The van der Waals surface area contributed by atoms with E-state index in [1.807, 2.05) is 73.9 Å². The van der Waals surface area contributed by atoms with Crippen LogP contribution in [0, 0.1) is 6.92 Å². The molecule has 8 nitrogen and oxygen atoms in total. The van der Waals surface area contributed by atoms with E-state index in [2.05, 4.69) is 48.7 Å². The zero-order chi connectivity index (χ0) is 30.8. The molecule has 1 aliphatic rings. The van der Waals surface area contributed by atoms with Crippen LogP contribution in [0.25, 0.3) is 5.57 Å². The van der Waals surface area contributed by atoms with E-state index < -0.39 is 0 Å². The van der Waals surface area contributed by atoms with Gasteiger partial charge in [-0.2, -0.15) is 0 Å². The Kier molecular flexibility index (Phi) is 11.3. The van der Waals surface area contributed by atoms with Gasteiger partial charge in [-0.3, -0.25) is 5.21 Å². The Morgan fingerprint density at radius 1 is 0.837 bits per heavy atom. The summed E-state index contributed by atoms with van der Waals surface area (Å²) in [5, 5.41) is 33.6. The molecule has 0 atom stereocenters. The van der Waals surface area contributed by atoms with Crippen LogP contribution in [0.3, 0.4) is 0 Å². The standard InChI is InChI=1S/C35H41N3O5/c1-5-42-32-15-11-29(12-16-32)36-28-9-7-27(8-10-28)35(34-18-14-31(24-26(34)4)38(41)43-6-2)33-17-13-30(23-25(33)3)37(19-21-39)20-22-40/h7-18,23-24,39-41H,5-6,19-22H2,1-4H3/p+1. The fourth-order valence-corrected chi connectivity index (χ4v) is 5.12. The molecule has 0 aromatic heterocycles. The van der Waals surface area contributed by atoms with Crippen LogP contribution >= 0.6 is 0 Å². The van der Waals surface area contributed by atoms with Crippen molar-refractivity contribution in [2.24, 2.45) is 0 Å². The highest BCUT2D eigenvalue weighted by Gasteiger charge is 2.20. The third-order valence-electron chi connectivity index (χ3n) is 7.16. The van der Waals surface area contributed by atoms with Gasteiger partial charge in [-0.25, -0.2) is 9.41 Å². The zero-order valence-electron chi connectivity index (χ0n) is 25.4. The van der Waals surface area contributed by atoms with Gasteiger partial charge in [0.2, 0.25) is 0 Å². The Morgan fingerprint density at radius 3 is 2.05 bits per heavy atom. The number of hydrogen-bond donors (Lipinski definition) is 4. The quantitative estimate of drug-likeness (QED) is 0.144. The predicted molar refractivity (Wildman–Crippen MR) is 172 cm³/mol. The second kappa shape index (κ2) is 15.3. The van der Waals surface area contributed by atoms with Crippen molar-refractivity contribution in [1.29, 1.82) is 0 Å². The van der Waals surface area contributed by atoms with Crippen LogP contribution in [0.5, 0.6) is 5.75 Å². The average molecular weight is 585 g/mol. The second-order valence-electron chi connectivity index (χ2n) is 10.2. The summed E-state index contributed by atoms with van der Waals surface area (Å²) in [5.74, 6) is 0.840. The molecule has 226 valence electrons. The number of aryl methyl sites for hydroxylation is 1. The molecule has 3 aromatic rings. The Labute approximate surface area is 254 Å². The van der Waals surface area contributed by atoms with Gasteiger partial charge in [0.15, 0.2) is 18.8 Å². The van der Waals surface area contributed by atoms with E-state index in [-0.39, 0.29) is 13.2 Å². The zero-order valence-corrected chi connectivity index (χ0v) is 25.4. The number of aliphatic hydroxyl groups is 2. The number of allylic oxidation sites excluding steroid dienone is 5. The molecule has 0 fully saturated rings. The molecule has 0 heterocycles. The van der Waals surface area contributed by atoms with Crippen molar-refractivity contribution in [2.45, 2.75) is 27.7 Å². The Balaban J connectivity index is 1.76. The van der Waals surface area contributed by atoms with Gasteiger partial charge in [-0.1, -0.05) is 18.2 Å². The molecular weight excluding hydrogens is 542 g/mol. The summed E-state index contributed by atoms with van der Waals surface area (Å²) in [4.78, 5) is 5.26. The lowest BCUT2D eigenvalue weighted by molar-refractivity contribution is -0.530. The minimum atomic E-state index is 0.00435. The normalized spacial score (nSPS) is 13.9. The predicted octanol–water partition coefficient (Wildman–Crippen LogP) is 6.04. The molecule has 43 heavy (non-hydrogen) atoms. The Morgan fingerprint density at radius 2 is 1.49 bits per heavy atom. The number of aliphatic hydroxyl groups excluding tert-OH is 2. The van der Waals surface area contributed by atoms with Crippen LogP contribution in [0.2, 0.25) is 0 Å². The molecule has 0 saturated heterocycles. The third kappa shape index (κ3) is 8.00. The van der Waals surface area contributed by atoms with E-state index in [9.17, 15) is 15.4 Å². The van der Waals surface area contributed by atoms with Crippen LogP contribution in [-0.2, 0) is 4.84 Å². The molecular formula is C35H42N3O5+. The summed E-state index contributed by atoms with van der Waals surface area (Å²) in [6.45, 7) is 9.75.